The van der Waals surface area contributed by atoms with Crippen molar-refractivity contribution < 1.29 is 74.2 Å². The third-order valence-electron chi connectivity index (χ3n) is 6.94. The first-order valence-corrected chi connectivity index (χ1v) is 20.4. The molecule has 0 aliphatic carbocycles. The monoisotopic (exact) mass is 798 g/mol. The predicted molar refractivity (Wildman–Crippen MR) is 198 cm³/mol. The van der Waals surface area contributed by atoms with Crippen LogP contribution in [0.15, 0.2) is 35.2 Å². The van der Waals surface area contributed by atoms with E-state index < -0.39 is 10.1 Å². The molecule has 0 saturated carbocycles. The summed E-state index contributed by atoms with van der Waals surface area (Å²) in [6.07, 6.45) is 4.72. The molecule has 1 aromatic carbocycles. The number of hydrogen-bond acceptors (Lipinski definition) is 16. The van der Waals surface area contributed by atoms with Crippen molar-refractivity contribution in [3.63, 3.8) is 0 Å². The van der Waals surface area contributed by atoms with Gasteiger partial charge in [0.2, 0.25) is 0 Å². The molecular weight excluding hydrogens is 732 g/mol. The van der Waals surface area contributed by atoms with Gasteiger partial charge >= 0.3 is 5.97 Å². The number of carbonyl (C=O) groups excluding carboxylic acids is 1. The molecule has 16 nitrogen and oxygen atoms in total. The van der Waals surface area contributed by atoms with Gasteiger partial charge in [-0.3, -0.25) is 8.98 Å². The second-order valence-electron chi connectivity index (χ2n) is 11.4. The molecule has 1 rings (SSSR count). The van der Waals surface area contributed by atoms with E-state index >= 15 is 0 Å². The van der Waals surface area contributed by atoms with Crippen LogP contribution < -0.4 is 0 Å². The van der Waals surface area contributed by atoms with Crippen LogP contribution in [-0.2, 0) is 75.9 Å². The maximum Gasteiger partial charge on any atom is 0.305 e. The number of benzene rings is 1. The predicted octanol–water partition coefficient (Wildman–Crippen LogP) is 3.09. The quantitative estimate of drug-likeness (QED) is 0.0536. The highest BCUT2D eigenvalue weighted by Gasteiger charge is 2.13. The minimum absolute atomic E-state index is 0.0631. The van der Waals surface area contributed by atoms with Crippen molar-refractivity contribution in [3.05, 3.63) is 30.3 Å². The summed E-state index contributed by atoms with van der Waals surface area (Å²) < 4.78 is 93.9. The highest BCUT2D eigenvalue weighted by molar-refractivity contribution is 7.86. The molecule has 0 unspecified atom stereocenters. The normalized spacial score (nSPS) is 11.7. The molecule has 0 heterocycles. The van der Waals surface area contributed by atoms with Crippen LogP contribution in [-0.4, -0.2) is 173 Å². The minimum atomic E-state index is -3.76. The Morgan fingerprint density at radius 2 is 0.741 bits per heavy atom. The van der Waals surface area contributed by atoms with Gasteiger partial charge in [-0.15, -0.1) is 0 Å². The number of rotatable bonds is 43. The summed E-state index contributed by atoms with van der Waals surface area (Å²) in [7, 11) is -3.76. The van der Waals surface area contributed by atoms with Crippen LogP contribution in [0.2, 0.25) is 0 Å². The van der Waals surface area contributed by atoms with Crippen molar-refractivity contribution in [2.45, 2.75) is 43.9 Å². The zero-order chi connectivity index (χ0) is 38.9. The second-order valence-corrected chi connectivity index (χ2v) is 13.0. The summed E-state index contributed by atoms with van der Waals surface area (Å²) in [5.74, 6) is -0.160. The van der Waals surface area contributed by atoms with Gasteiger partial charge in [0.05, 0.1) is 157 Å². The Labute approximate surface area is 322 Å². The fourth-order valence-electron chi connectivity index (χ4n) is 4.14. The van der Waals surface area contributed by atoms with E-state index in [-0.39, 0.29) is 30.7 Å². The summed E-state index contributed by atoms with van der Waals surface area (Å²) in [5, 5.41) is 0. The smallest absolute Gasteiger partial charge is 0.305 e. The zero-order valence-corrected chi connectivity index (χ0v) is 33.1. The van der Waals surface area contributed by atoms with Crippen LogP contribution >= 0.6 is 0 Å². The van der Waals surface area contributed by atoms with Crippen molar-refractivity contribution in [1.29, 1.82) is 0 Å². The molecule has 0 aliphatic heterocycles. The molecule has 17 heteroatoms. The Bertz CT molecular complexity index is 1030. The van der Waals surface area contributed by atoms with Crippen LogP contribution in [0.4, 0.5) is 0 Å². The maximum absolute atomic E-state index is 12.0. The van der Waals surface area contributed by atoms with E-state index in [0.29, 0.717) is 145 Å². The molecule has 1 aromatic rings. The summed E-state index contributed by atoms with van der Waals surface area (Å²) in [6.45, 7) is 11.9. The summed E-state index contributed by atoms with van der Waals surface area (Å²) >= 11 is 0. The van der Waals surface area contributed by atoms with E-state index in [0.717, 1.165) is 25.7 Å². The van der Waals surface area contributed by atoms with Gasteiger partial charge < -0.3 is 56.8 Å². The SMILES string of the molecule is CCCCCCC(=O)OCCOCCOCCOCCOCCOCCOCCOCCOCCOCCOCCOCCOS(=O)(=O)c1ccccc1. The molecule has 0 fully saturated rings. The lowest BCUT2D eigenvalue weighted by Crippen LogP contribution is -2.16. The van der Waals surface area contributed by atoms with E-state index in [1.165, 1.54) is 12.1 Å². The van der Waals surface area contributed by atoms with E-state index in [2.05, 4.69) is 6.92 Å². The molecule has 0 radical (unpaired) electrons. The van der Waals surface area contributed by atoms with E-state index in [9.17, 15) is 13.2 Å². The lowest BCUT2D eigenvalue weighted by Gasteiger charge is -2.09. The fraction of sp³-hybridized carbons (Fsp3) is 0.811. The maximum atomic E-state index is 12.0. The van der Waals surface area contributed by atoms with Crippen molar-refractivity contribution in [2.75, 3.05) is 159 Å². The van der Waals surface area contributed by atoms with Crippen LogP contribution in [0.3, 0.4) is 0 Å². The highest BCUT2D eigenvalue weighted by atomic mass is 32.2. The number of unbranched alkanes of at least 4 members (excludes halogenated alkanes) is 3. The van der Waals surface area contributed by atoms with E-state index in [4.69, 9.17) is 61.0 Å². The van der Waals surface area contributed by atoms with Crippen molar-refractivity contribution in [3.8, 4) is 0 Å². The first kappa shape index (κ1) is 50.2. The third kappa shape index (κ3) is 34.6. The second kappa shape index (κ2) is 39.4. The standard InChI is InChI=1S/C37H66O16S/c1-2-3-4-8-11-37(38)52-34-32-50-30-28-48-26-24-46-22-20-44-18-16-42-14-12-41-13-15-43-17-19-45-21-23-47-25-27-49-29-31-51-33-35-53-54(39,40)36-9-6-5-7-10-36/h5-7,9-10H,2-4,8,11-35H2,1H3. The fourth-order valence-corrected chi connectivity index (χ4v) is 5.06. The molecule has 0 spiro atoms. The largest absolute Gasteiger partial charge is 0.463 e. The molecule has 0 atom stereocenters. The molecule has 0 aliphatic rings. The van der Waals surface area contributed by atoms with Gasteiger partial charge in [-0.1, -0.05) is 44.4 Å². The average Bonchev–Trinajstić information content (AvgIpc) is 3.18. The molecule has 0 bridgehead atoms. The summed E-state index contributed by atoms with van der Waals surface area (Å²) in [6, 6.07) is 7.97. The van der Waals surface area contributed by atoms with Crippen molar-refractivity contribution >= 4 is 16.1 Å². The third-order valence-corrected chi connectivity index (χ3v) is 8.27. The summed E-state index contributed by atoms with van der Waals surface area (Å²) in [4.78, 5) is 11.7. The Kier molecular flexibility index (Phi) is 36.6. The molecule has 0 aromatic heterocycles. The van der Waals surface area contributed by atoms with Crippen LogP contribution in [0.25, 0.3) is 0 Å². The van der Waals surface area contributed by atoms with Gasteiger partial charge in [0.1, 0.15) is 6.61 Å². The van der Waals surface area contributed by atoms with Crippen LogP contribution in [0, 0.1) is 0 Å². The molecule has 316 valence electrons. The lowest BCUT2D eigenvalue weighted by molar-refractivity contribution is -0.145. The molecule has 54 heavy (non-hydrogen) atoms. The van der Waals surface area contributed by atoms with Crippen molar-refractivity contribution in [1.82, 2.24) is 0 Å². The van der Waals surface area contributed by atoms with Gasteiger partial charge in [-0.25, -0.2) is 0 Å². The van der Waals surface area contributed by atoms with Gasteiger partial charge in [0, 0.05) is 6.42 Å². The van der Waals surface area contributed by atoms with Crippen LogP contribution in [0.5, 0.6) is 0 Å². The van der Waals surface area contributed by atoms with Gasteiger partial charge in [0.25, 0.3) is 10.1 Å². The first-order chi connectivity index (χ1) is 26.6. The van der Waals surface area contributed by atoms with Gasteiger partial charge in [0.15, 0.2) is 0 Å². The van der Waals surface area contributed by atoms with Crippen LogP contribution in [0.1, 0.15) is 39.0 Å². The summed E-state index contributed by atoms with van der Waals surface area (Å²) in [5.41, 5.74) is 0. The molecular formula is C37H66O16S. The molecule has 0 saturated heterocycles. The topological polar surface area (TPSA) is 171 Å². The van der Waals surface area contributed by atoms with E-state index in [1.807, 2.05) is 0 Å². The zero-order valence-electron chi connectivity index (χ0n) is 32.3. The number of ether oxygens (including phenoxy) is 12. The minimum Gasteiger partial charge on any atom is -0.463 e. The Hall–Kier alpha value is -1.84. The molecule has 0 amide bonds. The van der Waals surface area contributed by atoms with Crippen molar-refractivity contribution in [2.24, 2.45) is 0 Å². The number of hydrogen-bond donors (Lipinski definition) is 0. The lowest BCUT2D eigenvalue weighted by atomic mass is 10.2. The van der Waals surface area contributed by atoms with E-state index in [1.54, 1.807) is 18.2 Å². The average molecular weight is 799 g/mol. The van der Waals surface area contributed by atoms with Gasteiger partial charge in [-0.05, 0) is 18.6 Å². The Morgan fingerprint density at radius 1 is 0.426 bits per heavy atom. The number of esters is 1. The Morgan fingerprint density at radius 3 is 1.07 bits per heavy atom. The van der Waals surface area contributed by atoms with Gasteiger partial charge in [-0.2, -0.15) is 8.42 Å². The highest BCUT2D eigenvalue weighted by Crippen LogP contribution is 2.10. The molecule has 0 N–H and O–H groups in total. The first-order valence-electron chi connectivity index (χ1n) is 19.0. The Balaban J connectivity index is 1.65. The number of carbonyl (C=O) groups is 1.